The molecule has 0 spiro atoms. The Kier molecular flexibility index (Phi) is 8.22. The molecule has 0 aliphatic carbocycles. The van der Waals surface area contributed by atoms with E-state index >= 15 is 0 Å². The summed E-state index contributed by atoms with van der Waals surface area (Å²) < 4.78 is 34.0. The lowest BCUT2D eigenvalue weighted by atomic mass is 10.0. The van der Waals surface area contributed by atoms with E-state index in [-0.39, 0.29) is 42.3 Å². The van der Waals surface area contributed by atoms with Crippen LogP contribution in [0.3, 0.4) is 0 Å². The first-order valence-electron chi connectivity index (χ1n) is 11.4. The number of hydrogen-bond donors (Lipinski definition) is 1. The van der Waals surface area contributed by atoms with Crippen molar-refractivity contribution in [3.8, 4) is 5.75 Å². The Labute approximate surface area is 202 Å². The van der Waals surface area contributed by atoms with Crippen LogP contribution in [-0.2, 0) is 21.2 Å². The molecule has 1 aliphatic heterocycles. The highest BCUT2D eigenvalue weighted by atomic mass is 32.2. The second-order valence-corrected chi connectivity index (χ2v) is 11.2. The normalized spacial score (nSPS) is 20.1. The maximum Gasteiger partial charge on any atom is 0.242 e. The van der Waals surface area contributed by atoms with Crippen molar-refractivity contribution in [3.05, 3.63) is 54.1 Å². The van der Waals surface area contributed by atoms with Crippen molar-refractivity contribution >= 4 is 21.6 Å². The van der Waals surface area contributed by atoms with E-state index in [1.807, 2.05) is 51.0 Å². The van der Waals surface area contributed by atoms with Gasteiger partial charge in [0, 0.05) is 44.9 Å². The molecular formula is C25H35N3O5S. The third-order valence-corrected chi connectivity index (χ3v) is 8.14. The zero-order valence-corrected chi connectivity index (χ0v) is 21.3. The molecule has 34 heavy (non-hydrogen) atoms. The monoisotopic (exact) mass is 489 g/mol. The number of aliphatic hydroxyl groups excluding tert-OH is 1. The maximum absolute atomic E-state index is 13.2. The summed E-state index contributed by atoms with van der Waals surface area (Å²) in [7, 11) is 1.68. The lowest BCUT2D eigenvalue weighted by Crippen LogP contribution is -2.48. The summed E-state index contributed by atoms with van der Waals surface area (Å²) in [5, 5.41) is 9.76. The summed E-state index contributed by atoms with van der Waals surface area (Å²) in [4.78, 5) is 17.1. The second kappa shape index (κ2) is 10.8. The lowest BCUT2D eigenvalue weighted by molar-refractivity contribution is -0.134. The molecule has 0 saturated carbocycles. The third-order valence-electron chi connectivity index (χ3n) is 6.30. The van der Waals surface area contributed by atoms with Gasteiger partial charge in [-0.3, -0.25) is 4.79 Å². The van der Waals surface area contributed by atoms with Crippen LogP contribution >= 0.6 is 0 Å². The van der Waals surface area contributed by atoms with Crippen LogP contribution in [0.1, 0.15) is 19.4 Å². The number of likely N-dealkylation sites (N-methyl/N-ethyl adjacent to an activating group) is 1. The molecule has 1 N–H and O–H groups in total. The fourth-order valence-electron chi connectivity index (χ4n) is 4.04. The van der Waals surface area contributed by atoms with Gasteiger partial charge in [0.15, 0.2) is 0 Å². The Hall–Kier alpha value is -2.62. The molecule has 2 aromatic carbocycles. The zero-order chi connectivity index (χ0) is 25.0. The van der Waals surface area contributed by atoms with Gasteiger partial charge in [0.25, 0.3) is 0 Å². The van der Waals surface area contributed by atoms with E-state index in [1.54, 1.807) is 42.3 Å². The van der Waals surface area contributed by atoms with Gasteiger partial charge in [0.1, 0.15) is 11.9 Å². The minimum atomic E-state index is -3.71. The molecule has 0 fully saturated rings. The van der Waals surface area contributed by atoms with Crippen LogP contribution in [0.5, 0.6) is 5.75 Å². The number of aliphatic hydroxyl groups is 1. The highest BCUT2D eigenvalue weighted by molar-refractivity contribution is 7.89. The van der Waals surface area contributed by atoms with Crippen LogP contribution in [0.15, 0.2) is 53.4 Å². The molecule has 3 atom stereocenters. The number of ether oxygens (including phenoxy) is 1. The van der Waals surface area contributed by atoms with Crippen LogP contribution in [0, 0.1) is 5.92 Å². The summed E-state index contributed by atoms with van der Waals surface area (Å²) in [6.45, 7) is 4.05. The van der Waals surface area contributed by atoms with Crippen LogP contribution in [0.25, 0.3) is 0 Å². The number of sulfonamides is 1. The van der Waals surface area contributed by atoms with E-state index in [9.17, 15) is 18.3 Å². The number of hydrogen-bond acceptors (Lipinski definition) is 6. The fourth-order valence-corrected chi connectivity index (χ4v) is 5.24. The summed E-state index contributed by atoms with van der Waals surface area (Å²) >= 11 is 0. The highest BCUT2D eigenvalue weighted by Crippen LogP contribution is 2.30. The zero-order valence-electron chi connectivity index (χ0n) is 20.5. The number of amides is 1. The highest BCUT2D eigenvalue weighted by Gasteiger charge is 2.33. The molecule has 1 aliphatic rings. The van der Waals surface area contributed by atoms with Crippen molar-refractivity contribution < 1.29 is 23.1 Å². The Morgan fingerprint density at radius 1 is 1.15 bits per heavy atom. The molecule has 0 bridgehead atoms. The molecule has 0 saturated heterocycles. The number of carbonyl (C=O) groups excluding carboxylic acids is 1. The van der Waals surface area contributed by atoms with Crippen LogP contribution in [0.2, 0.25) is 0 Å². The van der Waals surface area contributed by atoms with Gasteiger partial charge in [-0.15, -0.1) is 0 Å². The Balaban J connectivity index is 1.98. The molecule has 0 aromatic heterocycles. The number of rotatable bonds is 7. The van der Waals surface area contributed by atoms with Crippen LogP contribution < -0.4 is 9.64 Å². The number of anilines is 1. The SMILES string of the molecule is C[C@@H]1CN([C@@H](C)CO)C(=O)Cc2cc(N(C)C)ccc2O[C@H]1CN(C)S(=O)(=O)c1ccccc1. The topological polar surface area (TPSA) is 90.4 Å². The van der Waals surface area contributed by atoms with E-state index in [4.69, 9.17) is 4.74 Å². The van der Waals surface area contributed by atoms with Crippen molar-refractivity contribution in [3.63, 3.8) is 0 Å². The molecule has 8 nitrogen and oxygen atoms in total. The molecular weight excluding hydrogens is 454 g/mol. The standard InChI is InChI=1S/C25H35N3O5S/c1-18-15-28(19(2)17-29)25(30)14-20-13-21(26(3)4)11-12-23(20)33-24(18)16-27(5)34(31,32)22-9-7-6-8-10-22/h6-13,18-19,24,29H,14-17H2,1-5H3/t18-,19+,24+/m1/s1. The van der Waals surface area contributed by atoms with Crippen molar-refractivity contribution in [1.82, 2.24) is 9.21 Å². The number of nitrogens with zero attached hydrogens (tertiary/aromatic N) is 3. The first kappa shape index (κ1) is 26.0. The van der Waals surface area contributed by atoms with E-state index in [1.165, 1.54) is 4.31 Å². The predicted molar refractivity (Wildman–Crippen MR) is 133 cm³/mol. The average molecular weight is 490 g/mol. The molecule has 1 amide bonds. The molecule has 2 aromatic rings. The number of carbonyl (C=O) groups is 1. The lowest BCUT2D eigenvalue weighted by Gasteiger charge is -2.33. The predicted octanol–water partition coefficient (Wildman–Crippen LogP) is 2.22. The quantitative estimate of drug-likeness (QED) is 0.642. The fraction of sp³-hybridized carbons (Fsp3) is 0.480. The van der Waals surface area contributed by atoms with Gasteiger partial charge >= 0.3 is 0 Å². The molecule has 3 rings (SSSR count). The molecule has 0 unspecified atom stereocenters. The Bertz CT molecular complexity index is 1090. The molecule has 186 valence electrons. The Morgan fingerprint density at radius 2 is 1.82 bits per heavy atom. The smallest absolute Gasteiger partial charge is 0.242 e. The van der Waals surface area contributed by atoms with E-state index in [2.05, 4.69) is 0 Å². The van der Waals surface area contributed by atoms with Gasteiger partial charge in [0.05, 0.1) is 30.5 Å². The van der Waals surface area contributed by atoms with Gasteiger partial charge in [-0.25, -0.2) is 8.42 Å². The van der Waals surface area contributed by atoms with E-state index in [0.29, 0.717) is 12.3 Å². The van der Waals surface area contributed by atoms with E-state index < -0.39 is 16.1 Å². The second-order valence-electron chi connectivity index (χ2n) is 9.17. The van der Waals surface area contributed by atoms with Crippen molar-refractivity contribution in [2.24, 2.45) is 5.92 Å². The first-order valence-corrected chi connectivity index (χ1v) is 12.9. The summed E-state index contributed by atoms with van der Waals surface area (Å²) in [5.74, 6) is 0.283. The molecule has 0 radical (unpaired) electrons. The minimum absolute atomic E-state index is 0.0972. The largest absolute Gasteiger partial charge is 0.488 e. The summed E-state index contributed by atoms with van der Waals surface area (Å²) in [5.41, 5.74) is 1.67. The van der Waals surface area contributed by atoms with Crippen LogP contribution in [0.4, 0.5) is 5.69 Å². The van der Waals surface area contributed by atoms with Crippen LogP contribution in [-0.4, -0.2) is 81.6 Å². The van der Waals surface area contributed by atoms with Gasteiger partial charge < -0.3 is 19.6 Å². The molecule has 9 heteroatoms. The number of fused-ring (bicyclic) bond motifs is 1. The maximum atomic E-state index is 13.2. The first-order chi connectivity index (χ1) is 16.0. The van der Waals surface area contributed by atoms with Crippen molar-refractivity contribution in [1.29, 1.82) is 0 Å². The minimum Gasteiger partial charge on any atom is -0.488 e. The molecule has 1 heterocycles. The average Bonchev–Trinajstić information content (AvgIpc) is 2.86. The van der Waals surface area contributed by atoms with Gasteiger partial charge in [-0.1, -0.05) is 25.1 Å². The Morgan fingerprint density at radius 3 is 2.44 bits per heavy atom. The van der Waals surface area contributed by atoms with Crippen molar-refractivity contribution in [2.75, 3.05) is 45.7 Å². The third kappa shape index (κ3) is 5.71. The van der Waals surface area contributed by atoms with Gasteiger partial charge in [-0.2, -0.15) is 4.31 Å². The summed E-state index contributed by atoms with van der Waals surface area (Å²) in [6, 6.07) is 13.6. The summed E-state index contributed by atoms with van der Waals surface area (Å²) in [6.07, 6.45) is -0.370. The van der Waals surface area contributed by atoms with Crippen molar-refractivity contribution in [2.45, 2.75) is 37.3 Å². The van der Waals surface area contributed by atoms with Gasteiger partial charge in [0.2, 0.25) is 15.9 Å². The van der Waals surface area contributed by atoms with Gasteiger partial charge in [-0.05, 0) is 37.3 Å². The number of benzene rings is 2. The van der Waals surface area contributed by atoms with E-state index in [0.717, 1.165) is 11.3 Å².